The van der Waals surface area contributed by atoms with Crippen molar-refractivity contribution >= 4 is 17.8 Å². The fourth-order valence-electron chi connectivity index (χ4n) is 4.19. The zero-order valence-corrected chi connectivity index (χ0v) is 22.8. The summed E-state index contributed by atoms with van der Waals surface area (Å²) in [6.45, 7) is 7.95. The van der Waals surface area contributed by atoms with Crippen molar-refractivity contribution in [1.82, 2.24) is 10.2 Å². The average Bonchev–Trinajstić information content (AvgIpc) is 3.07. The number of benzene rings is 2. The largest absolute Gasteiger partial charge is 0.467 e. The van der Waals surface area contributed by atoms with Gasteiger partial charge in [0.15, 0.2) is 12.6 Å². The van der Waals surface area contributed by atoms with Crippen LogP contribution < -0.4 is 10.1 Å². The molecule has 1 aliphatic rings. The summed E-state index contributed by atoms with van der Waals surface area (Å²) >= 11 is 0. The fourth-order valence-corrected chi connectivity index (χ4v) is 4.19. The summed E-state index contributed by atoms with van der Waals surface area (Å²) in [6.07, 6.45) is 0.590. The van der Waals surface area contributed by atoms with Crippen molar-refractivity contribution in [3.8, 4) is 5.75 Å². The van der Waals surface area contributed by atoms with E-state index in [9.17, 15) is 14.4 Å². The molecule has 0 aromatic heterocycles. The van der Waals surface area contributed by atoms with Gasteiger partial charge in [-0.1, -0.05) is 30.3 Å². The second kappa shape index (κ2) is 13.4. The number of methoxy groups -OCH3 is 1. The normalized spacial score (nSPS) is 17.9. The van der Waals surface area contributed by atoms with Crippen LogP contribution in [-0.4, -0.2) is 67.4 Å². The topological polar surface area (TPSA) is 103 Å². The number of carbonyl (C=O) groups is 3. The van der Waals surface area contributed by atoms with Crippen LogP contribution in [0.15, 0.2) is 48.5 Å². The Bertz CT molecular complexity index is 1100. The van der Waals surface area contributed by atoms with Crippen LogP contribution in [0.4, 0.5) is 4.79 Å². The lowest BCUT2D eigenvalue weighted by molar-refractivity contribution is 0.00420. The highest BCUT2D eigenvalue weighted by molar-refractivity contribution is 6.01. The van der Waals surface area contributed by atoms with Crippen LogP contribution in [0.1, 0.15) is 66.8 Å². The second-order valence-electron chi connectivity index (χ2n) is 10.3. The molecule has 0 spiro atoms. The predicted octanol–water partition coefficient (Wildman–Crippen LogP) is 4.59. The van der Waals surface area contributed by atoms with Gasteiger partial charge in [-0.05, 0) is 64.3 Å². The monoisotopic (exact) mass is 526 g/mol. The number of amides is 2. The van der Waals surface area contributed by atoms with Gasteiger partial charge in [0.2, 0.25) is 0 Å². The van der Waals surface area contributed by atoms with Crippen LogP contribution in [0, 0.1) is 0 Å². The number of likely N-dealkylation sites (tertiary alicyclic amines) is 1. The summed E-state index contributed by atoms with van der Waals surface area (Å²) in [5.74, 6) is -0.277. The van der Waals surface area contributed by atoms with E-state index in [2.05, 4.69) is 5.32 Å². The maximum absolute atomic E-state index is 13.4. The van der Waals surface area contributed by atoms with Gasteiger partial charge in [0.1, 0.15) is 11.4 Å². The van der Waals surface area contributed by atoms with Crippen LogP contribution in [0.5, 0.6) is 5.75 Å². The third-order valence-corrected chi connectivity index (χ3v) is 6.01. The van der Waals surface area contributed by atoms with Gasteiger partial charge in [0.05, 0.1) is 24.3 Å². The average molecular weight is 527 g/mol. The standard InChI is InChI=1S/C29H38N2O7/c1-20(32)23-16-22(13-14-25(23)37-19-35-5)27(33)30-24-17-31(28(34)38-29(2,3)4)15-9-12-26(24)36-18-21-10-7-6-8-11-21/h6-8,10-11,13-14,16,24,26H,9,12,15,17-19H2,1-5H3,(H,30,33)/t24-,26-/m1/s1. The highest BCUT2D eigenvalue weighted by atomic mass is 16.7. The van der Waals surface area contributed by atoms with Gasteiger partial charge in [-0.25, -0.2) is 4.79 Å². The summed E-state index contributed by atoms with van der Waals surface area (Å²) in [5, 5.41) is 3.05. The first-order valence-electron chi connectivity index (χ1n) is 12.8. The van der Waals surface area contributed by atoms with Crippen molar-refractivity contribution in [3.05, 3.63) is 65.2 Å². The molecular formula is C29H38N2O7. The third kappa shape index (κ3) is 8.56. The molecule has 0 bridgehead atoms. The minimum Gasteiger partial charge on any atom is -0.467 e. The summed E-state index contributed by atoms with van der Waals surface area (Å²) in [6, 6.07) is 14.0. The van der Waals surface area contributed by atoms with E-state index in [4.69, 9.17) is 18.9 Å². The molecule has 3 rings (SSSR count). The number of hydrogen-bond donors (Lipinski definition) is 1. The van der Waals surface area contributed by atoms with Crippen molar-refractivity contribution < 1.29 is 33.3 Å². The Morgan fingerprint density at radius 2 is 1.82 bits per heavy atom. The van der Waals surface area contributed by atoms with Crippen molar-refractivity contribution in [2.45, 2.75) is 64.9 Å². The van der Waals surface area contributed by atoms with E-state index in [0.29, 0.717) is 37.3 Å². The Morgan fingerprint density at radius 3 is 2.47 bits per heavy atom. The molecule has 2 aromatic rings. The van der Waals surface area contributed by atoms with Gasteiger partial charge in [-0.2, -0.15) is 0 Å². The van der Waals surface area contributed by atoms with Gasteiger partial charge >= 0.3 is 6.09 Å². The fraction of sp³-hybridized carbons (Fsp3) is 0.483. The molecule has 0 radical (unpaired) electrons. The van der Waals surface area contributed by atoms with E-state index in [-0.39, 0.29) is 36.7 Å². The van der Waals surface area contributed by atoms with E-state index < -0.39 is 17.7 Å². The van der Waals surface area contributed by atoms with Crippen molar-refractivity contribution in [1.29, 1.82) is 0 Å². The molecular weight excluding hydrogens is 488 g/mol. The molecule has 9 nitrogen and oxygen atoms in total. The van der Waals surface area contributed by atoms with E-state index >= 15 is 0 Å². The third-order valence-electron chi connectivity index (χ3n) is 6.01. The number of nitrogens with zero attached hydrogens (tertiary/aromatic N) is 1. The molecule has 2 amide bonds. The highest BCUT2D eigenvalue weighted by Gasteiger charge is 2.33. The number of carbonyl (C=O) groups excluding carboxylic acids is 3. The van der Waals surface area contributed by atoms with E-state index in [0.717, 1.165) is 5.56 Å². The molecule has 9 heteroatoms. The van der Waals surface area contributed by atoms with Gasteiger partial charge in [-0.15, -0.1) is 0 Å². The number of Topliss-reactive ketones (excluding diaryl/α,β-unsaturated/α-hetero) is 1. The molecule has 38 heavy (non-hydrogen) atoms. The highest BCUT2D eigenvalue weighted by Crippen LogP contribution is 2.23. The van der Waals surface area contributed by atoms with E-state index in [1.165, 1.54) is 20.1 Å². The number of hydrogen-bond acceptors (Lipinski definition) is 7. The molecule has 2 aromatic carbocycles. The molecule has 0 unspecified atom stereocenters. The quantitative estimate of drug-likeness (QED) is 0.377. The van der Waals surface area contributed by atoms with E-state index in [1.54, 1.807) is 17.0 Å². The Hall–Kier alpha value is -3.43. The minimum absolute atomic E-state index is 0.0190. The Kier molecular flexibility index (Phi) is 10.3. The van der Waals surface area contributed by atoms with Crippen molar-refractivity contribution in [2.75, 3.05) is 27.0 Å². The van der Waals surface area contributed by atoms with Crippen LogP contribution >= 0.6 is 0 Å². The van der Waals surface area contributed by atoms with Gasteiger partial charge in [0, 0.05) is 25.8 Å². The smallest absolute Gasteiger partial charge is 0.410 e. The first kappa shape index (κ1) is 29.1. The lowest BCUT2D eigenvalue weighted by Gasteiger charge is -2.31. The summed E-state index contributed by atoms with van der Waals surface area (Å²) in [4.78, 5) is 40.1. The number of ketones is 1. The van der Waals surface area contributed by atoms with Crippen molar-refractivity contribution in [3.63, 3.8) is 0 Å². The molecule has 0 aliphatic carbocycles. The molecule has 1 aliphatic heterocycles. The zero-order valence-electron chi connectivity index (χ0n) is 22.8. The summed E-state index contributed by atoms with van der Waals surface area (Å²) in [5.41, 5.74) is 0.961. The molecule has 206 valence electrons. The Morgan fingerprint density at radius 1 is 1.08 bits per heavy atom. The SMILES string of the molecule is COCOc1ccc(C(=O)N[C@@H]2CN(C(=O)OC(C)(C)C)CCC[C@H]2OCc2ccccc2)cc1C(C)=O. The van der Waals surface area contributed by atoms with Crippen LogP contribution in [0.3, 0.4) is 0 Å². The maximum Gasteiger partial charge on any atom is 0.410 e. The number of nitrogens with one attached hydrogen (secondary N) is 1. The zero-order chi connectivity index (χ0) is 27.7. The lowest BCUT2D eigenvalue weighted by atomic mass is 10.0. The molecule has 0 saturated carbocycles. The lowest BCUT2D eigenvalue weighted by Crippen LogP contribution is -2.51. The van der Waals surface area contributed by atoms with Crippen LogP contribution in [0.2, 0.25) is 0 Å². The second-order valence-corrected chi connectivity index (χ2v) is 10.3. The molecule has 2 atom stereocenters. The summed E-state index contributed by atoms with van der Waals surface area (Å²) < 4.78 is 22.3. The molecule has 1 heterocycles. The Balaban J connectivity index is 1.81. The first-order valence-corrected chi connectivity index (χ1v) is 12.8. The molecule has 1 fully saturated rings. The Labute approximate surface area is 224 Å². The number of ether oxygens (including phenoxy) is 4. The summed E-state index contributed by atoms with van der Waals surface area (Å²) in [7, 11) is 1.48. The maximum atomic E-state index is 13.4. The molecule has 1 N–H and O–H groups in total. The first-order chi connectivity index (χ1) is 18.1. The van der Waals surface area contributed by atoms with Crippen molar-refractivity contribution in [2.24, 2.45) is 0 Å². The predicted molar refractivity (Wildman–Crippen MR) is 142 cm³/mol. The van der Waals surface area contributed by atoms with E-state index in [1.807, 2.05) is 51.1 Å². The molecule has 1 saturated heterocycles. The van der Waals surface area contributed by atoms with Crippen LogP contribution in [-0.2, 0) is 20.8 Å². The van der Waals surface area contributed by atoms with Gasteiger partial charge in [-0.3, -0.25) is 9.59 Å². The minimum atomic E-state index is -0.638. The van der Waals surface area contributed by atoms with Gasteiger partial charge in [0.25, 0.3) is 5.91 Å². The number of rotatable bonds is 9. The van der Waals surface area contributed by atoms with Gasteiger partial charge < -0.3 is 29.2 Å². The van der Waals surface area contributed by atoms with Crippen LogP contribution in [0.25, 0.3) is 0 Å².